The van der Waals surface area contributed by atoms with Crippen molar-refractivity contribution in [2.75, 3.05) is 0 Å². The Balaban J connectivity index is 2.59. The van der Waals surface area contributed by atoms with Crippen molar-refractivity contribution in [2.45, 2.75) is 66.2 Å². The minimum atomic E-state index is -0.291. The smallest absolute Gasteiger partial charge is 0.267 e. The average molecular weight is 358 g/mol. The maximum absolute atomic E-state index is 12.1. The molecule has 0 aliphatic carbocycles. The molecule has 6 heteroatoms. The molecule has 1 rings (SSSR count). The summed E-state index contributed by atoms with van der Waals surface area (Å²) in [7, 11) is 0. The van der Waals surface area contributed by atoms with E-state index in [4.69, 9.17) is 0 Å². The summed E-state index contributed by atoms with van der Waals surface area (Å²) < 4.78 is 0. The summed E-state index contributed by atoms with van der Waals surface area (Å²) in [6.45, 7) is 8.02. The highest BCUT2D eigenvalue weighted by Crippen LogP contribution is 2.05. The van der Waals surface area contributed by atoms with Gasteiger partial charge < -0.3 is 0 Å². The number of hydrogen-bond donors (Lipinski definition) is 2. The molecule has 1 aromatic carbocycles. The van der Waals surface area contributed by atoms with Crippen molar-refractivity contribution < 1.29 is 9.59 Å². The molecular weight excluding hydrogens is 328 g/mol. The van der Waals surface area contributed by atoms with Crippen LogP contribution in [0.5, 0.6) is 0 Å². The van der Waals surface area contributed by atoms with Gasteiger partial charge in [0.05, 0.1) is 0 Å². The van der Waals surface area contributed by atoms with Crippen molar-refractivity contribution in [3.63, 3.8) is 0 Å². The Hall–Kier alpha value is -2.50. The standard InChI is InChI=1S/C20H30N4O2/c1-5-7-9-15(3)21-23-19(25)17-11-13-18(14-12-17)20(26)24-22-16(4)10-8-6-2/h11-14H,5-10H2,1-4H3,(H,23,25)(H,24,26)/b21-15-,22-16-. The molecule has 1 aromatic rings. The van der Waals surface area contributed by atoms with E-state index in [0.29, 0.717) is 11.1 Å². The van der Waals surface area contributed by atoms with Gasteiger partial charge in [0.25, 0.3) is 11.8 Å². The van der Waals surface area contributed by atoms with E-state index >= 15 is 0 Å². The van der Waals surface area contributed by atoms with Crippen molar-refractivity contribution >= 4 is 23.2 Å². The molecule has 0 saturated heterocycles. The Morgan fingerprint density at radius 1 is 0.769 bits per heavy atom. The van der Waals surface area contributed by atoms with Gasteiger partial charge in [-0.1, -0.05) is 26.7 Å². The number of carbonyl (C=O) groups excluding carboxylic acids is 2. The summed E-state index contributed by atoms with van der Waals surface area (Å²) in [4.78, 5) is 24.2. The predicted molar refractivity (Wildman–Crippen MR) is 107 cm³/mol. The van der Waals surface area contributed by atoms with E-state index in [1.807, 2.05) is 13.8 Å². The highest BCUT2D eigenvalue weighted by Gasteiger charge is 2.08. The topological polar surface area (TPSA) is 82.9 Å². The van der Waals surface area contributed by atoms with E-state index in [9.17, 15) is 9.59 Å². The van der Waals surface area contributed by atoms with Gasteiger partial charge in [-0.25, -0.2) is 10.9 Å². The average Bonchev–Trinajstić information content (AvgIpc) is 2.66. The molecule has 0 unspecified atom stereocenters. The number of unbranched alkanes of at least 4 members (excludes halogenated alkanes) is 2. The number of carbonyl (C=O) groups is 2. The van der Waals surface area contributed by atoms with Crippen LogP contribution in [0.4, 0.5) is 0 Å². The molecule has 0 atom stereocenters. The van der Waals surface area contributed by atoms with Crippen LogP contribution in [0.3, 0.4) is 0 Å². The Morgan fingerprint density at radius 2 is 1.12 bits per heavy atom. The first-order chi connectivity index (χ1) is 12.5. The van der Waals surface area contributed by atoms with Gasteiger partial charge in [-0.05, 0) is 63.8 Å². The molecule has 0 fully saturated rings. The van der Waals surface area contributed by atoms with Crippen LogP contribution in [-0.2, 0) is 0 Å². The second-order valence-electron chi connectivity index (χ2n) is 6.36. The molecule has 0 bridgehead atoms. The van der Waals surface area contributed by atoms with E-state index < -0.39 is 0 Å². The van der Waals surface area contributed by atoms with Gasteiger partial charge in [-0.15, -0.1) is 0 Å². The van der Waals surface area contributed by atoms with Crippen LogP contribution in [0.25, 0.3) is 0 Å². The molecule has 2 N–H and O–H groups in total. The van der Waals surface area contributed by atoms with E-state index in [1.54, 1.807) is 24.3 Å². The molecule has 0 radical (unpaired) electrons. The van der Waals surface area contributed by atoms with Crippen LogP contribution in [0.1, 0.15) is 86.9 Å². The number of hydrazone groups is 2. The third-order valence-electron chi connectivity index (χ3n) is 3.89. The van der Waals surface area contributed by atoms with Crippen LogP contribution in [0, 0.1) is 0 Å². The molecular formula is C20H30N4O2. The van der Waals surface area contributed by atoms with Gasteiger partial charge in [-0.2, -0.15) is 10.2 Å². The van der Waals surface area contributed by atoms with Gasteiger partial charge in [0.15, 0.2) is 0 Å². The second-order valence-corrected chi connectivity index (χ2v) is 6.36. The first-order valence-electron chi connectivity index (χ1n) is 9.25. The number of nitrogens with one attached hydrogen (secondary N) is 2. The van der Waals surface area contributed by atoms with E-state index in [0.717, 1.165) is 49.9 Å². The molecule has 0 spiro atoms. The number of amides is 2. The molecule has 0 aliphatic heterocycles. The molecule has 26 heavy (non-hydrogen) atoms. The Morgan fingerprint density at radius 3 is 1.42 bits per heavy atom. The number of hydrogen-bond acceptors (Lipinski definition) is 4. The quantitative estimate of drug-likeness (QED) is 0.483. The molecule has 0 heterocycles. The Bertz CT molecular complexity index is 591. The summed E-state index contributed by atoms with van der Waals surface area (Å²) in [6.07, 6.45) is 6.02. The van der Waals surface area contributed by atoms with E-state index in [1.165, 1.54) is 0 Å². The minimum absolute atomic E-state index is 0.291. The zero-order valence-electron chi connectivity index (χ0n) is 16.3. The summed E-state index contributed by atoms with van der Waals surface area (Å²) in [5, 5.41) is 8.18. The first kappa shape index (κ1) is 21.5. The SMILES string of the molecule is CCCC/C(C)=N\NC(=O)c1ccc(C(=O)N/N=C(/C)CCCC)cc1. The number of rotatable bonds is 10. The third-order valence-corrected chi connectivity index (χ3v) is 3.89. The van der Waals surface area contributed by atoms with Gasteiger partial charge in [0, 0.05) is 22.6 Å². The Labute approximate surface area is 156 Å². The van der Waals surface area contributed by atoms with Gasteiger partial charge in [-0.3, -0.25) is 9.59 Å². The number of nitrogens with zero attached hydrogens (tertiary/aromatic N) is 2. The fourth-order valence-electron chi connectivity index (χ4n) is 2.17. The van der Waals surface area contributed by atoms with Crippen LogP contribution in [-0.4, -0.2) is 23.2 Å². The van der Waals surface area contributed by atoms with Crippen LogP contribution >= 0.6 is 0 Å². The summed E-state index contributed by atoms with van der Waals surface area (Å²) >= 11 is 0. The zero-order valence-corrected chi connectivity index (χ0v) is 16.3. The van der Waals surface area contributed by atoms with E-state index in [-0.39, 0.29) is 11.8 Å². The van der Waals surface area contributed by atoms with Crippen molar-refractivity contribution in [1.82, 2.24) is 10.9 Å². The van der Waals surface area contributed by atoms with Crippen LogP contribution in [0.2, 0.25) is 0 Å². The second kappa shape index (κ2) is 12.0. The fraction of sp³-hybridized carbons (Fsp3) is 0.500. The molecule has 0 aliphatic rings. The van der Waals surface area contributed by atoms with Crippen molar-refractivity contribution in [3.8, 4) is 0 Å². The van der Waals surface area contributed by atoms with Crippen molar-refractivity contribution in [2.24, 2.45) is 10.2 Å². The molecule has 2 amide bonds. The van der Waals surface area contributed by atoms with Crippen LogP contribution in [0.15, 0.2) is 34.5 Å². The fourth-order valence-corrected chi connectivity index (χ4v) is 2.17. The maximum Gasteiger partial charge on any atom is 0.271 e. The highest BCUT2D eigenvalue weighted by molar-refractivity contribution is 5.98. The first-order valence-corrected chi connectivity index (χ1v) is 9.25. The molecule has 0 saturated carbocycles. The summed E-state index contributed by atoms with van der Waals surface area (Å²) in [6, 6.07) is 6.42. The van der Waals surface area contributed by atoms with Crippen LogP contribution < -0.4 is 10.9 Å². The monoisotopic (exact) mass is 358 g/mol. The van der Waals surface area contributed by atoms with E-state index in [2.05, 4.69) is 34.9 Å². The molecule has 142 valence electrons. The lowest BCUT2D eigenvalue weighted by Gasteiger charge is -2.05. The predicted octanol–water partition coefficient (Wildman–Crippen LogP) is 4.28. The highest BCUT2D eigenvalue weighted by atomic mass is 16.2. The summed E-state index contributed by atoms with van der Waals surface area (Å²) in [5.41, 5.74) is 7.79. The normalized spacial score (nSPS) is 12.0. The largest absolute Gasteiger partial charge is 0.271 e. The Kier molecular flexibility index (Phi) is 9.90. The number of benzene rings is 1. The van der Waals surface area contributed by atoms with Crippen molar-refractivity contribution in [3.05, 3.63) is 35.4 Å². The zero-order chi connectivity index (χ0) is 19.4. The van der Waals surface area contributed by atoms with Gasteiger partial charge in [0.1, 0.15) is 0 Å². The minimum Gasteiger partial charge on any atom is -0.267 e. The van der Waals surface area contributed by atoms with Crippen molar-refractivity contribution in [1.29, 1.82) is 0 Å². The maximum atomic E-state index is 12.1. The van der Waals surface area contributed by atoms with Gasteiger partial charge in [0.2, 0.25) is 0 Å². The molecule has 6 nitrogen and oxygen atoms in total. The third kappa shape index (κ3) is 8.05. The van der Waals surface area contributed by atoms with Gasteiger partial charge >= 0.3 is 0 Å². The lowest BCUT2D eigenvalue weighted by molar-refractivity contribution is 0.0943. The molecule has 0 aromatic heterocycles. The lowest BCUT2D eigenvalue weighted by Crippen LogP contribution is -2.21. The summed E-state index contributed by atoms with van der Waals surface area (Å²) in [5.74, 6) is -0.581. The lowest BCUT2D eigenvalue weighted by atomic mass is 10.1.